The number of pyridine rings is 1. The Morgan fingerprint density at radius 3 is 2.42 bits per heavy atom. The number of anilines is 1. The zero-order valence-corrected chi connectivity index (χ0v) is 17.9. The second-order valence-electron chi connectivity index (χ2n) is 9.30. The Bertz CT molecular complexity index is 1050. The Balaban J connectivity index is 1.53. The first-order valence-corrected chi connectivity index (χ1v) is 10.6. The summed E-state index contributed by atoms with van der Waals surface area (Å²) in [4.78, 5) is 0. The number of fused-ring (bicyclic) bond motifs is 1. The molecule has 1 aliphatic carbocycles. The van der Waals surface area contributed by atoms with Crippen LogP contribution in [0.4, 0.5) is 18.9 Å². The van der Waals surface area contributed by atoms with Gasteiger partial charge in [0.2, 0.25) is 0 Å². The van der Waals surface area contributed by atoms with Crippen molar-refractivity contribution in [2.24, 2.45) is 11.3 Å². The van der Waals surface area contributed by atoms with E-state index < -0.39 is 6.36 Å². The summed E-state index contributed by atoms with van der Waals surface area (Å²) in [6.45, 7) is 6.92. The number of alkyl halides is 3. The molecule has 1 aromatic carbocycles. The first-order chi connectivity index (χ1) is 14.6. The van der Waals surface area contributed by atoms with Gasteiger partial charge in [0.1, 0.15) is 5.75 Å². The summed E-state index contributed by atoms with van der Waals surface area (Å²) in [5.74, 6) is 0.915. The normalized spacial score (nSPS) is 20.1. The van der Waals surface area contributed by atoms with Crippen LogP contribution in [0.2, 0.25) is 0 Å². The average molecular weight is 432 g/mol. The third kappa shape index (κ3) is 5.11. The van der Waals surface area contributed by atoms with Gasteiger partial charge in [-0.15, -0.1) is 23.4 Å². The third-order valence-electron chi connectivity index (χ3n) is 6.05. The molecule has 1 fully saturated rings. The predicted molar refractivity (Wildman–Crippen MR) is 114 cm³/mol. The van der Waals surface area contributed by atoms with Gasteiger partial charge >= 0.3 is 6.36 Å². The van der Waals surface area contributed by atoms with Gasteiger partial charge in [0.15, 0.2) is 11.5 Å². The molecule has 0 bridgehead atoms. The summed E-state index contributed by atoms with van der Waals surface area (Å²) in [7, 11) is 0. The fourth-order valence-corrected chi connectivity index (χ4v) is 4.34. The highest BCUT2D eigenvalue weighted by Gasteiger charge is 2.31. The molecular formula is C23H27F3N4O. The van der Waals surface area contributed by atoms with Crippen LogP contribution in [0.25, 0.3) is 17.0 Å². The lowest BCUT2D eigenvalue weighted by Gasteiger charge is -2.37. The predicted octanol–water partition coefficient (Wildman–Crippen LogP) is 6.31. The minimum atomic E-state index is -4.74. The molecule has 1 N–H and O–H groups in total. The number of halogens is 3. The van der Waals surface area contributed by atoms with Crippen molar-refractivity contribution in [2.45, 2.75) is 58.9 Å². The molecule has 31 heavy (non-hydrogen) atoms. The van der Waals surface area contributed by atoms with Gasteiger partial charge in [0, 0.05) is 17.8 Å². The highest BCUT2D eigenvalue weighted by Crippen LogP contribution is 2.38. The van der Waals surface area contributed by atoms with Crippen LogP contribution in [-0.4, -0.2) is 27.0 Å². The number of aromatic nitrogens is 3. The van der Waals surface area contributed by atoms with Crippen molar-refractivity contribution in [3.8, 4) is 17.1 Å². The molecule has 0 aliphatic heterocycles. The highest BCUT2D eigenvalue weighted by molar-refractivity contribution is 5.63. The molecule has 3 aromatic rings. The lowest BCUT2D eigenvalue weighted by Crippen LogP contribution is -2.31. The molecule has 1 saturated carbocycles. The zero-order valence-electron chi connectivity index (χ0n) is 17.9. The molecule has 0 radical (unpaired) electrons. The fraction of sp³-hybridized carbons (Fsp3) is 0.478. The zero-order chi connectivity index (χ0) is 22.2. The number of ether oxygens (including phenoxy) is 1. The Labute approximate surface area is 179 Å². The van der Waals surface area contributed by atoms with Crippen molar-refractivity contribution in [3.05, 3.63) is 42.6 Å². The van der Waals surface area contributed by atoms with Gasteiger partial charge in [0.25, 0.3) is 0 Å². The molecule has 166 valence electrons. The monoisotopic (exact) mass is 432 g/mol. The SMILES string of the molecule is CC(C)(C)C1CCC(Nc2ccc3nnc(-c4cccc(OC(F)(F)F)c4)n3c2)CC1. The maximum atomic E-state index is 12.6. The number of nitrogens with one attached hydrogen (secondary N) is 1. The highest BCUT2D eigenvalue weighted by atomic mass is 19.4. The fourth-order valence-electron chi connectivity index (χ4n) is 4.34. The Kier molecular flexibility index (Phi) is 5.58. The Morgan fingerprint density at radius 1 is 1.00 bits per heavy atom. The standard InChI is InChI=1S/C23H27F3N4O/c1-22(2,3)16-7-9-17(10-8-16)27-18-11-12-20-28-29-21(30(20)14-18)15-5-4-6-19(13-15)31-23(24,25)26/h4-6,11-14,16-17,27H,7-10H2,1-3H3. The molecule has 5 nitrogen and oxygen atoms in total. The summed E-state index contributed by atoms with van der Waals surface area (Å²) < 4.78 is 43.5. The van der Waals surface area contributed by atoms with E-state index in [-0.39, 0.29) is 5.75 Å². The van der Waals surface area contributed by atoms with Crippen molar-refractivity contribution < 1.29 is 17.9 Å². The summed E-state index contributed by atoms with van der Waals surface area (Å²) in [5, 5.41) is 11.9. The van der Waals surface area contributed by atoms with Gasteiger partial charge in [-0.3, -0.25) is 4.40 Å². The van der Waals surface area contributed by atoms with E-state index in [1.165, 1.54) is 31.0 Å². The molecule has 0 atom stereocenters. The lowest BCUT2D eigenvalue weighted by atomic mass is 9.71. The third-order valence-corrected chi connectivity index (χ3v) is 6.05. The Morgan fingerprint density at radius 2 is 1.74 bits per heavy atom. The largest absolute Gasteiger partial charge is 0.573 e. The number of rotatable bonds is 4. The number of hydrogen-bond donors (Lipinski definition) is 1. The van der Waals surface area contributed by atoms with E-state index in [0.717, 1.165) is 24.4 Å². The van der Waals surface area contributed by atoms with Crippen molar-refractivity contribution in [2.75, 3.05) is 5.32 Å². The van der Waals surface area contributed by atoms with Gasteiger partial charge in [0.05, 0.1) is 5.69 Å². The van der Waals surface area contributed by atoms with E-state index >= 15 is 0 Å². The minimum absolute atomic E-state index is 0.286. The van der Waals surface area contributed by atoms with E-state index in [9.17, 15) is 13.2 Å². The minimum Gasteiger partial charge on any atom is -0.406 e. The van der Waals surface area contributed by atoms with E-state index in [4.69, 9.17) is 0 Å². The van der Waals surface area contributed by atoms with Crippen LogP contribution in [0.3, 0.4) is 0 Å². The molecule has 2 aromatic heterocycles. The molecule has 8 heteroatoms. The van der Waals surface area contributed by atoms with E-state index in [2.05, 4.69) is 41.0 Å². The smallest absolute Gasteiger partial charge is 0.406 e. The number of hydrogen-bond acceptors (Lipinski definition) is 4. The van der Waals surface area contributed by atoms with Crippen LogP contribution >= 0.6 is 0 Å². The van der Waals surface area contributed by atoms with Crippen LogP contribution in [0.1, 0.15) is 46.5 Å². The first kappa shape index (κ1) is 21.5. The van der Waals surface area contributed by atoms with Crippen LogP contribution < -0.4 is 10.1 Å². The Hall–Kier alpha value is -2.77. The van der Waals surface area contributed by atoms with Crippen molar-refractivity contribution in [3.63, 3.8) is 0 Å². The molecule has 0 amide bonds. The second-order valence-corrected chi connectivity index (χ2v) is 9.30. The van der Waals surface area contributed by atoms with E-state index in [1.54, 1.807) is 10.5 Å². The first-order valence-electron chi connectivity index (χ1n) is 10.6. The topological polar surface area (TPSA) is 51.5 Å². The molecule has 0 spiro atoms. The van der Waals surface area contributed by atoms with Crippen LogP contribution in [-0.2, 0) is 0 Å². The number of benzene rings is 1. The van der Waals surface area contributed by atoms with E-state index in [0.29, 0.717) is 28.5 Å². The lowest BCUT2D eigenvalue weighted by molar-refractivity contribution is -0.274. The summed E-state index contributed by atoms with van der Waals surface area (Å²) >= 11 is 0. The van der Waals surface area contributed by atoms with E-state index in [1.807, 2.05) is 18.3 Å². The van der Waals surface area contributed by atoms with Crippen molar-refractivity contribution in [1.82, 2.24) is 14.6 Å². The summed E-state index contributed by atoms with van der Waals surface area (Å²) in [5.41, 5.74) is 2.40. The quantitative estimate of drug-likeness (QED) is 0.525. The molecule has 0 saturated heterocycles. The molecule has 1 aliphatic rings. The van der Waals surface area contributed by atoms with Gasteiger partial charge in [-0.05, 0) is 61.3 Å². The maximum Gasteiger partial charge on any atom is 0.573 e. The number of nitrogens with zero attached hydrogens (tertiary/aromatic N) is 3. The van der Waals surface area contributed by atoms with Crippen LogP contribution in [0.15, 0.2) is 42.6 Å². The maximum absolute atomic E-state index is 12.6. The van der Waals surface area contributed by atoms with Gasteiger partial charge in [-0.2, -0.15) is 0 Å². The van der Waals surface area contributed by atoms with Crippen molar-refractivity contribution >= 4 is 11.3 Å². The molecule has 4 rings (SSSR count). The summed E-state index contributed by atoms with van der Waals surface area (Å²) in [6, 6.07) is 10.0. The van der Waals surface area contributed by atoms with Crippen LogP contribution in [0, 0.1) is 11.3 Å². The van der Waals surface area contributed by atoms with Gasteiger partial charge in [-0.1, -0.05) is 32.9 Å². The second kappa shape index (κ2) is 8.05. The molecule has 0 unspecified atom stereocenters. The summed E-state index contributed by atoms with van der Waals surface area (Å²) in [6.07, 6.45) is 1.80. The molecular weight excluding hydrogens is 405 g/mol. The molecule has 2 heterocycles. The average Bonchev–Trinajstić information content (AvgIpc) is 3.10. The van der Waals surface area contributed by atoms with Gasteiger partial charge in [-0.25, -0.2) is 0 Å². The van der Waals surface area contributed by atoms with Crippen LogP contribution in [0.5, 0.6) is 5.75 Å². The van der Waals surface area contributed by atoms with Gasteiger partial charge < -0.3 is 10.1 Å². The van der Waals surface area contributed by atoms with Crippen molar-refractivity contribution in [1.29, 1.82) is 0 Å².